The van der Waals surface area contributed by atoms with Crippen LogP contribution in [0.25, 0.3) is 0 Å². The largest absolute Gasteiger partial charge is 0.462 e. The zero-order valence-electron chi connectivity index (χ0n) is 15.8. The van der Waals surface area contributed by atoms with Gasteiger partial charge in [-0.3, -0.25) is 4.79 Å². The number of esters is 1. The molecule has 7 nitrogen and oxygen atoms in total. The van der Waals surface area contributed by atoms with Gasteiger partial charge in [0.1, 0.15) is 11.5 Å². The Labute approximate surface area is 177 Å². The number of anilines is 1. The van der Waals surface area contributed by atoms with Crippen LogP contribution in [0.3, 0.4) is 0 Å². The third kappa shape index (κ3) is 4.93. The van der Waals surface area contributed by atoms with Gasteiger partial charge >= 0.3 is 5.97 Å². The van der Waals surface area contributed by atoms with E-state index in [9.17, 15) is 9.59 Å². The van der Waals surface area contributed by atoms with Crippen LogP contribution >= 0.6 is 23.2 Å². The van der Waals surface area contributed by atoms with Gasteiger partial charge in [0.05, 0.1) is 30.6 Å². The number of pyridine rings is 1. The fraction of sp³-hybridized carbons (Fsp3) is 0.200. The molecule has 0 fully saturated rings. The van der Waals surface area contributed by atoms with E-state index in [0.29, 0.717) is 33.7 Å². The average Bonchev–Trinajstić information content (AvgIpc) is 3.10. The summed E-state index contributed by atoms with van der Waals surface area (Å²) in [4.78, 5) is 28.7. The Morgan fingerprint density at radius 2 is 1.97 bits per heavy atom. The summed E-state index contributed by atoms with van der Waals surface area (Å²) in [6, 6.07) is 9.87. The zero-order valence-corrected chi connectivity index (χ0v) is 17.3. The Hall–Kier alpha value is -2.90. The molecule has 0 radical (unpaired) electrons. The zero-order chi connectivity index (χ0) is 21.0. The van der Waals surface area contributed by atoms with Crippen molar-refractivity contribution in [3.63, 3.8) is 0 Å². The standard InChI is InChI=1S/C20H18Cl2N4O3/c1-3-29-20(28)15-6-7-17(24-12(15)2)19(27)25-18-8-9-23-26(18)11-13-4-5-14(21)10-16(13)22/h4-10H,3,11H2,1-2H3,(H,25,27). The van der Waals surface area contributed by atoms with Crippen molar-refractivity contribution in [3.8, 4) is 0 Å². The van der Waals surface area contributed by atoms with Crippen LogP contribution in [0.1, 0.15) is 39.0 Å². The van der Waals surface area contributed by atoms with Crippen LogP contribution in [-0.4, -0.2) is 33.2 Å². The van der Waals surface area contributed by atoms with E-state index in [-0.39, 0.29) is 12.3 Å². The second-order valence-corrected chi connectivity index (χ2v) is 6.96. The lowest BCUT2D eigenvalue weighted by atomic mass is 10.2. The number of nitrogens with one attached hydrogen (secondary N) is 1. The fourth-order valence-corrected chi connectivity index (χ4v) is 3.14. The predicted octanol–water partition coefficient (Wildman–Crippen LogP) is 4.37. The number of halogens is 2. The molecule has 0 aliphatic heterocycles. The Morgan fingerprint density at radius 1 is 1.17 bits per heavy atom. The van der Waals surface area contributed by atoms with Crippen LogP contribution in [0, 0.1) is 6.92 Å². The molecule has 0 saturated heterocycles. The number of benzene rings is 1. The molecule has 9 heteroatoms. The van der Waals surface area contributed by atoms with Gasteiger partial charge in [0.25, 0.3) is 5.91 Å². The SMILES string of the molecule is CCOC(=O)c1ccc(C(=O)Nc2ccnn2Cc2ccc(Cl)cc2Cl)nc1C. The van der Waals surface area contributed by atoms with Crippen molar-refractivity contribution >= 4 is 40.9 Å². The third-order valence-electron chi connectivity index (χ3n) is 4.11. The highest BCUT2D eigenvalue weighted by Crippen LogP contribution is 2.23. The van der Waals surface area contributed by atoms with Gasteiger partial charge in [-0.25, -0.2) is 14.5 Å². The quantitative estimate of drug-likeness (QED) is 0.584. The van der Waals surface area contributed by atoms with Crippen LogP contribution in [0.5, 0.6) is 0 Å². The molecule has 3 aromatic rings. The van der Waals surface area contributed by atoms with Gasteiger partial charge in [-0.15, -0.1) is 0 Å². The van der Waals surface area contributed by atoms with Gasteiger partial charge in [-0.2, -0.15) is 5.10 Å². The van der Waals surface area contributed by atoms with Crippen LogP contribution in [-0.2, 0) is 11.3 Å². The minimum absolute atomic E-state index is 0.174. The molecule has 3 rings (SSSR count). The van der Waals surface area contributed by atoms with Crippen LogP contribution in [0.2, 0.25) is 10.0 Å². The molecule has 29 heavy (non-hydrogen) atoms. The van der Waals surface area contributed by atoms with Gasteiger partial charge < -0.3 is 10.1 Å². The maximum Gasteiger partial charge on any atom is 0.339 e. The smallest absolute Gasteiger partial charge is 0.339 e. The lowest BCUT2D eigenvalue weighted by Gasteiger charge is -2.11. The number of aryl methyl sites for hydroxylation is 1. The predicted molar refractivity (Wildman–Crippen MR) is 111 cm³/mol. The lowest BCUT2D eigenvalue weighted by Crippen LogP contribution is -2.18. The molecule has 0 saturated carbocycles. The first kappa shape index (κ1) is 20.8. The Balaban J connectivity index is 1.76. The third-order valence-corrected chi connectivity index (χ3v) is 4.69. The van der Waals surface area contributed by atoms with Gasteiger partial charge in [-0.05, 0) is 43.7 Å². The van der Waals surface area contributed by atoms with Gasteiger partial charge in [0.15, 0.2) is 0 Å². The number of hydrogen-bond donors (Lipinski definition) is 1. The first-order valence-electron chi connectivity index (χ1n) is 8.81. The molecular weight excluding hydrogens is 415 g/mol. The average molecular weight is 433 g/mol. The number of amides is 1. The number of ether oxygens (including phenoxy) is 1. The summed E-state index contributed by atoms with van der Waals surface area (Å²) in [5.41, 5.74) is 1.72. The van der Waals surface area contributed by atoms with Crippen molar-refractivity contribution in [1.82, 2.24) is 14.8 Å². The van der Waals surface area contributed by atoms with E-state index in [1.54, 1.807) is 49.0 Å². The molecule has 1 aromatic carbocycles. The fourth-order valence-electron chi connectivity index (χ4n) is 2.67. The summed E-state index contributed by atoms with van der Waals surface area (Å²) in [6.07, 6.45) is 1.57. The van der Waals surface area contributed by atoms with Crippen LogP contribution in [0.4, 0.5) is 5.82 Å². The van der Waals surface area contributed by atoms with E-state index in [0.717, 1.165) is 5.56 Å². The molecule has 0 aliphatic rings. The van der Waals surface area contributed by atoms with Crippen molar-refractivity contribution in [2.75, 3.05) is 11.9 Å². The summed E-state index contributed by atoms with van der Waals surface area (Å²) in [5.74, 6) is -0.412. The van der Waals surface area contributed by atoms with Gasteiger partial charge in [0, 0.05) is 16.1 Å². The molecule has 0 unspecified atom stereocenters. The van der Waals surface area contributed by atoms with E-state index in [4.69, 9.17) is 27.9 Å². The van der Waals surface area contributed by atoms with Crippen LogP contribution < -0.4 is 5.32 Å². The molecule has 0 spiro atoms. The summed E-state index contributed by atoms with van der Waals surface area (Å²) in [5, 5.41) is 8.05. The highest BCUT2D eigenvalue weighted by atomic mass is 35.5. The molecule has 0 atom stereocenters. The van der Waals surface area contributed by atoms with Gasteiger partial charge in [-0.1, -0.05) is 29.3 Å². The number of hydrogen-bond acceptors (Lipinski definition) is 5. The maximum atomic E-state index is 12.6. The van der Waals surface area contributed by atoms with E-state index >= 15 is 0 Å². The second-order valence-electron chi connectivity index (χ2n) is 6.11. The van der Waals surface area contributed by atoms with Crippen LogP contribution in [0.15, 0.2) is 42.6 Å². The maximum absolute atomic E-state index is 12.6. The minimum Gasteiger partial charge on any atom is -0.462 e. The van der Waals surface area contributed by atoms with Crippen molar-refractivity contribution in [1.29, 1.82) is 0 Å². The molecule has 2 heterocycles. The second kappa shape index (κ2) is 9.07. The summed E-state index contributed by atoms with van der Waals surface area (Å²) in [6.45, 7) is 3.99. The molecular formula is C20H18Cl2N4O3. The van der Waals surface area contributed by atoms with E-state index in [1.165, 1.54) is 12.1 Å². The molecule has 1 amide bonds. The van der Waals surface area contributed by atoms with Gasteiger partial charge in [0.2, 0.25) is 0 Å². The first-order chi connectivity index (χ1) is 13.9. The normalized spacial score (nSPS) is 10.6. The monoisotopic (exact) mass is 432 g/mol. The summed E-state index contributed by atoms with van der Waals surface area (Å²) < 4.78 is 6.58. The summed E-state index contributed by atoms with van der Waals surface area (Å²) >= 11 is 12.1. The van der Waals surface area contributed by atoms with Crippen molar-refractivity contribution in [2.45, 2.75) is 20.4 Å². The van der Waals surface area contributed by atoms with E-state index in [1.807, 2.05) is 0 Å². The molecule has 0 bridgehead atoms. The Morgan fingerprint density at radius 3 is 2.66 bits per heavy atom. The van der Waals surface area contributed by atoms with Crippen molar-refractivity contribution < 1.29 is 14.3 Å². The molecule has 150 valence electrons. The lowest BCUT2D eigenvalue weighted by molar-refractivity contribution is 0.0524. The highest BCUT2D eigenvalue weighted by Gasteiger charge is 2.16. The molecule has 1 N–H and O–H groups in total. The Bertz CT molecular complexity index is 1070. The van der Waals surface area contributed by atoms with Crippen molar-refractivity contribution in [3.05, 3.63) is 75.2 Å². The number of carbonyl (C=O) groups is 2. The minimum atomic E-state index is -0.470. The van der Waals surface area contributed by atoms with Crippen molar-refractivity contribution in [2.24, 2.45) is 0 Å². The number of aromatic nitrogens is 3. The highest BCUT2D eigenvalue weighted by molar-refractivity contribution is 6.35. The van der Waals surface area contributed by atoms with E-state index in [2.05, 4.69) is 15.4 Å². The number of nitrogens with zero attached hydrogens (tertiary/aromatic N) is 3. The number of carbonyl (C=O) groups excluding carboxylic acids is 2. The molecule has 0 aliphatic carbocycles. The molecule has 2 aromatic heterocycles. The topological polar surface area (TPSA) is 86.1 Å². The number of rotatable bonds is 6. The Kier molecular flexibility index (Phi) is 6.51. The van der Waals surface area contributed by atoms with E-state index < -0.39 is 11.9 Å². The first-order valence-corrected chi connectivity index (χ1v) is 9.56. The summed E-state index contributed by atoms with van der Waals surface area (Å²) in [7, 11) is 0.